The van der Waals surface area contributed by atoms with Gasteiger partial charge in [-0.2, -0.15) is 0 Å². The lowest BCUT2D eigenvalue weighted by molar-refractivity contribution is 0.101. The first kappa shape index (κ1) is 9.80. The number of aromatic nitrogens is 2. The standard InChI is InChI=1S/C7H6Br2N2O/c1-4-5(6(12)7(8)9)11-3-2-10-4/h2-3,7H,1H3. The normalized spacial score (nSPS) is 10.3. The molecule has 0 radical (unpaired) electrons. The Labute approximate surface area is 86.9 Å². The summed E-state index contributed by atoms with van der Waals surface area (Å²) in [5.41, 5.74) is 1.04. The second-order valence-corrected chi connectivity index (χ2v) is 5.22. The lowest BCUT2D eigenvalue weighted by Gasteiger charge is -2.01. The number of carbonyl (C=O) groups excluding carboxylic acids is 1. The minimum absolute atomic E-state index is 0.111. The van der Waals surface area contributed by atoms with Gasteiger partial charge in [0, 0.05) is 12.4 Å². The summed E-state index contributed by atoms with van der Waals surface area (Å²) in [7, 11) is 0. The van der Waals surface area contributed by atoms with Gasteiger partial charge in [0.2, 0.25) is 5.78 Å². The molecule has 0 aliphatic heterocycles. The molecule has 0 unspecified atom stereocenters. The third-order valence-electron chi connectivity index (χ3n) is 1.31. The zero-order valence-electron chi connectivity index (χ0n) is 6.29. The van der Waals surface area contributed by atoms with E-state index in [1.54, 1.807) is 13.1 Å². The fourth-order valence-corrected chi connectivity index (χ4v) is 1.19. The maximum absolute atomic E-state index is 11.4. The van der Waals surface area contributed by atoms with Gasteiger partial charge in [0.05, 0.1) is 5.69 Å². The third-order valence-corrected chi connectivity index (χ3v) is 2.14. The number of halogens is 2. The first-order chi connectivity index (χ1) is 5.63. The highest BCUT2D eigenvalue weighted by molar-refractivity contribution is 9.25. The van der Waals surface area contributed by atoms with Crippen LogP contribution < -0.4 is 0 Å². The zero-order valence-corrected chi connectivity index (χ0v) is 9.46. The van der Waals surface area contributed by atoms with E-state index in [2.05, 4.69) is 41.8 Å². The van der Waals surface area contributed by atoms with Gasteiger partial charge >= 0.3 is 0 Å². The van der Waals surface area contributed by atoms with Crippen molar-refractivity contribution in [2.45, 2.75) is 10.7 Å². The van der Waals surface area contributed by atoms with Crippen LogP contribution in [-0.2, 0) is 0 Å². The molecule has 5 heteroatoms. The number of alkyl halides is 2. The van der Waals surface area contributed by atoms with Crippen LogP contribution in [0.4, 0.5) is 0 Å². The molecule has 0 spiro atoms. The zero-order chi connectivity index (χ0) is 9.14. The van der Waals surface area contributed by atoms with Crippen molar-refractivity contribution in [1.82, 2.24) is 9.97 Å². The summed E-state index contributed by atoms with van der Waals surface area (Å²) in [5, 5.41) is 0. The number of rotatable bonds is 2. The molecule has 0 fully saturated rings. The van der Waals surface area contributed by atoms with Gasteiger partial charge in [-0.1, -0.05) is 31.9 Å². The summed E-state index contributed by atoms with van der Waals surface area (Å²) in [5.74, 6) is -0.111. The van der Waals surface area contributed by atoms with Crippen LogP contribution in [0, 0.1) is 6.92 Å². The van der Waals surface area contributed by atoms with Gasteiger partial charge in [0.15, 0.2) is 0 Å². The van der Waals surface area contributed by atoms with E-state index < -0.39 is 0 Å². The van der Waals surface area contributed by atoms with E-state index in [0.29, 0.717) is 11.4 Å². The van der Waals surface area contributed by atoms with E-state index in [1.807, 2.05) is 0 Å². The molecule has 3 nitrogen and oxygen atoms in total. The van der Waals surface area contributed by atoms with Gasteiger partial charge in [-0.05, 0) is 6.92 Å². The van der Waals surface area contributed by atoms with Gasteiger partial charge in [-0.25, -0.2) is 4.98 Å². The number of carbonyl (C=O) groups is 1. The molecule has 0 amide bonds. The van der Waals surface area contributed by atoms with Crippen LogP contribution >= 0.6 is 31.9 Å². The molecular formula is C7H6Br2N2O. The van der Waals surface area contributed by atoms with E-state index in [-0.39, 0.29) is 9.52 Å². The molecular weight excluding hydrogens is 288 g/mol. The molecule has 0 atom stereocenters. The molecule has 1 aromatic heterocycles. The molecule has 64 valence electrons. The average Bonchev–Trinajstić information content (AvgIpc) is 2.04. The largest absolute Gasteiger partial charge is 0.290 e. The Morgan fingerprint density at radius 1 is 1.42 bits per heavy atom. The molecule has 1 rings (SSSR count). The smallest absolute Gasteiger partial charge is 0.207 e. The lowest BCUT2D eigenvalue weighted by Crippen LogP contribution is -2.11. The van der Waals surface area contributed by atoms with E-state index >= 15 is 0 Å². The quantitative estimate of drug-likeness (QED) is 0.619. The number of hydrogen-bond acceptors (Lipinski definition) is 3. The molecule has 0 aromatic carbocycles. The summed E-state index contributed by atoms with van der Waals surface area (Å²) in [6.45, 7) is 1.75. The van der Waals surface area contributed by atoms with Crippen molar-refractivity contribution in [3.05, 3.63) is 23.8 Å². The van der Waals surface area contributed by atoms with Gasteiger partial charge in [0.1, 0.15) is 9.43 Å². The number of Topliss-reactive ketones (excluding diaryl/α,β-unsaturated/α-hetero) is 1. The van der Waals surface area contributed by atoms with Gasteiger partial charge in [-0.15, -0.1) is 0 Å². The van der Waals surface area contributed by atoms with Crippen LogP contribution in [0.25, 0.3) is 0 Å². The van der Waals surface area contributed by atoms with Crippen LogP contribution in [0.15, 0.2) is 12.4 Å². The van der Waals surface area contributed by atoms with Gasteiger partial charge in [-0.3, -0.25) is 9.78 Å². The van der Waals surface area contributed by atoms with Gasteiger partial charge in [0.25, 0.3) is 0 Å². The summed E-state index contributed by atoms with van der Waals surface area (Å²) >= 11 is 6.22. The van der Waals surface area contributed by atoms with Gasteiger partial charge < -0.3 is 0 Å². The Bertz CT molecular complexity index is 301. The van der Waals surface area contributed by atoms with Crippen molar-refractivity contribution in [3.63, 3.8) is 0 Å². The third kappa shape index (κ3) is 2.10. The fourth-order valence-electron chi connectivity index (χ4n) is 0.753. The maximum atomic E-state index is 11.4. The topological polar surface area (TPSA) is 42.9 Å². The van der Waals surface area contributed by atoms with Crippen molar-refractivity contribution in [3.8, 4) is 0 Å². The maximum Gasteiger partial charge on any atom is 0.207 e. The average molecular weight is 294 g/mol. The summed E-state index contributed by atoms with van der Waals surface area (Å²) in [6.07, 6.45) is 3.06. The molecule has 12 heavy (non-hydrogen) atoms. The molecule has 1 aromatic rings. The number of nitrogens with zero attached hydrogens (tertiary/aromatic N) is 2. The van der Waals surface area contributed by atoms with Crippen molar-refractivity contribution in [2.24, 2.45) is 0 Å². The Balaban J connectivity index is 3.03. The second kappa shape index (κ2) is 4.09. The lowest BCUT2D eigenvalue weighted by atomic mass is 10.2. The molecule has 0 aliphatic rings. The summed E-state index contributed by atoms with van der Waals surface area (Å²) < 4.78 is -0.389. The molecule has 1 heterocycles. The Morgan fingerprint density at radius 3 is 2.50 bits per heavy atom. The van der Waals surface area contributed by atoms with Crippen molar-refractivity contribution >= 4 is 37.6 Å². The molecule has 0 saturated heterocycles. The van der Waals surface area contributed by atoms with Crippen molar-refractivity contribution < 1.29 is 4.79 Å². The number of ketones is 1. The van der Waals surface area contributed by atoms with Crippen LogP contribution in [-0.4, -0.2) is 19.5 Å². The molecule has 0 N–H and O–H groups in total. The number of aryl methyl sites for hydroxylation is 1. The first-order valence-corrected chi connectivity index (χ1v) is 5.06. The second-order valence-electron chi connectivity index (χ2n) is 2.16. The van der Waals surface area contributed by atoms with E-state index in [1.165, 1.54) is 6.20 Å². The van der Waals surface area contributed by atoms with Crippen LogP contribution in [0.2, 0.25) is 0 Å². The van der Waals surface area contributed by atoms with Crippen LogP contribution in [0.3, 0.4) is 0 Å². The Kier molecular flexibility index (Phi) is 3.34. The van der Waals surface area contributed by atoms with E-state index in [4.69, 9.17) is 0 Å². The molecule has 0 bridgehead atoms. The van der Waals surface area contributed by atoms with Crippen LogP contribution in [0.5, 0.6) is 0 Å². The predicted octanol–water partition coefficient (Wildman–Crippen LogP) is 2.08. The van der Waals surface area contributed by atoms with Crippen LogP contribution in [0.1, 0.15) is 16.2 Å². The Hall–Kier alpha value is -0.290. The minimum atomic E-state index is -0.389. The highest BCUT2D eigenvalue weighted by Crippen LogP contribution is 2.15. The van der Waals surface area contributed by atoms with Crippen molar-refractivity contribution in [1.29, 1.82) is 0 Å². The highest BCUT2D eigenvalue weighted by Gasteiger charge is 2.16. The number of hydrogen-bond donors (Lipinski definition) is 0. The molecule has 0 saturated carbocycles. The summed E-state index contributed by atoms with van der Waals surface area (Å²) in [6, 6.07) is 0. The monoisotopic (exact) mass is 292 g/mol. The van der Waals surface area contributed by atoms with Crippen molar-refractivity contribution in [2.75, 3.05) is 0 Å². The SMILES string of the molecule is Cc1nccnc1C(=O)C(Br)Br. The Morgan fingerprint density at radius 2 is 2.00 bits per heavy atom. The predicted molar refractivity (Wildman–Crippen MR) is 52.7 cm³/mol. The first-order valence-electron chi connectivity index (χ1n) is 3.23. The fraction of sp³-hybridized carbons (Fsp3) is 0.286. The minimum Gasteiger partial charge on any atom is -0.290 e. The van der Waals surface area contributed by atoms with E-state index in [0.717, 1.165) is 0 Å². The highest BCUT2D eigenvalue weighted by atomic mass is 79.9. The summed E-state index contributed by atoms with van der Waals surface area (Å²) in [4.78, 5) is 19.3. The van der Waals surface area contributed by atoms with E-state index in [9.17, 15) is 4.79 Å². The molecule has 0 aliphatic carbocycles.